The molecule has 0 bridgehead atoms. The highest BCUT2D eigenvalue weighted by atomic mass is 35.5. The van der Waals surface area contributed by atoms with Crippen LogP contribution in [0.2, 0.25) is 5.02 Å². The molecule has 0 radical (unpaired) electrons. The number of amides is 3. The Labute approximate surface area is 271 Å². The lowest BCUT2D eigenvalue weighted by atomic mass is 10.1. The molecule has 4 aromatic carbocycles. The standard InChI is InChI=1S/C33H27ClF3N3O5S/c1-44-28-10-6-9-21(30(28)45-2)17-27(40-31(42)20-7-4-3-5-8-20)32(43)38-23-12-14-24(15-13-23)46-19-29(41)39-26-18-22(33(35,36)37)11-16-25(26)34/h3-18H,19H2,1-2H3,(H,38,43)(H,39,41)(H,40,42)/b27-17-. The van der Waals surface area contributed by atoms with Gasteiger partial charge in [0.1, 0.15) is 5.70 Å². The van der Waals surface area contributed by atoms with Crippen LogP contribution in [0.1, 0.15) is 21.5 Å². The average Bonchev–Trinajstić information content (AvgIpc) is 3.04. The van der Waals surface area contributed by atoms with Gasteiger partial charge < -0.3 is 25.4 Å². The number of halogens is 4. The van der Waals surface area contributed by atoms with Crippen LogP contribution in [0.5, 0.6) is 11.5 Å². The van der Waals surface area contributed by atoms with Crippen molar-refractivity contribution in [3.05, 3.63) is 118 Å². The van der Waals surface area contributed by atoms with Crippen LogP contribution in [-0.2, 0) is 15.8 Å². The van der Waals surface area contributed by atoms with Gasteiger partial charge in [-0.05, 0) is 66.7 Å². The molecule has 0 saturated heterocycles. The summed E-state index contributed by atoms with van der Waals surface area (Å²) in [6.45, 7) is 0. The normalized spacial score (nSPS) is 11.4. The predicted molar refractivity (Wildman–Crippen MR) is 172 cm³/mol. The van der Waals surface area contributed by atoms with Gasteiger partial charge in [-0.2, -0.15) is 13.2 Å². The molecule has 0 aliphatic rings. The van der Waals surface area contributed by atoms with E-state index < -0.39 is 29.5 Å². The summed E-state index contributed by atoms with van der Waals surface area (Å²) in [5, 5.41) is 7.78. The second-order valence-corrected chi connectivity index (χ2v) is 10.9. The Hall–Kier alpha value is -4.94. The van der Waals surface area contributed by atoms with Gasteiger partial charge in [0.05, 0.1) is 36.2 Å². The maximum absolute atomic E-state index is 13.4. The number of hydrogen-bond donors (Lipinski definition) is 3. The molecule has 3 amide bonds. The quantitative estimate of drug-likeness (QED) is 0.113. The first-order valence-electron chi connectivity index (χ1n) is 13.5. The Morgan fingerprint density at radius 3 is 2.24 bits per heavy atom. The molecule has 0 heterocycles. The first kappa shape index (κ1) is 33.9. The zero-order valence-electron chi connectivity index (χ0n) is 24.4. The molecule has 46 heavy (non-hydrogen) atoms. The number of alkyl halides is 3. The van der Waals surface area contributed by atoms with Crippen LogP contribution in [0.4, 0.5) is 24.5 Å². The maximum atomic E-state index is 13.4. The Kier molecular flexibility index (Phi) is 11.3. The number of anilines is 2. The van der Waals surface area contributed by atoms with Gasteiger partial charge in [0.25, 0.3) is 11.8 Å². The van der Waals surface area contributed by atoms with Crippen LogP contribution in [0.25, 0.3) is 6.08 Å². The number of carbonyl (C=O) groups excluding carboxylic acids is 3. The Bertz CT molecular complexity index is 1750. The van der Waals surface area contributed by atoms with E-state index in [1.54, 1.807) is 72.8 Å². The zero-order chi connectivity index (χ0) is 33.3. The molecule has 0 atom stereocenters. The molecule has 0 spiro atoms. The van der Waals surface area contributed by atoms with Gasteiger partial charge in [0, 0.05) is 21.7 Å². The molecule has 8 nitrogen and oxygen atoms in total. The van der Waals surface area contributed by atoms with E-state index in [1.807, 2.05) is 0 Å². The topological polar surface area (TPSA) is 106 Å². The van der Waals surface area contributed by atoms with Gasteiger partial charge in [0.2, 0.25) is 5.91 Å². The summed E-state index contributed by atoms with van der Waals surface area (Å²) in [6, 6.07) is 22.7. The highest BCUT2D eigenvalue weighted by molar-refractivity contribution is 8.00. The minimum absolute atomic E-state index is 0.0235. The number of benzene rings is 4. The third kappa shape index (κ3) is 9.05. The van der Waals surface area contributed by atoms with Crippen molar-refractivity contribution in [1.29, 1.82) is 0 Å². The Morgan fingerprint density at radius 2 is 1.59 bits per heavy atom. The van der Waals surface area contributed by atoms with Crippen molar-refractivity contribution >= 4 is 58.5 Å². The highest BCUT2D eigenvalue weighted by Crippen LogP contribution is 2.34. The van der Waals surface area contributed by atoms with E-state index in [1.165, 1.54) is 20.3 Å². The first-order chi connectivity index (χ1) is 22.0. The lowest BCUT2D eigenvalue weighted by Crippen LogP contribution is -2.30. The number of carbonyl (C=O) groups is 3. The molecular formula is C33H27ClF3N3O5S. The van der Waals surface area contributed by atoms with Gasteiger partial charge in [-0.15, -0.1) is 11.8 Å². The van der Waals surface area contributed by atoms with Crippen molar-refractivity contribution in [2.75, 3.05) is 30.6 Å². The molecule has 0 aliphatic carbocycles. The molecule has 0 aliphatic heterocycles. The SMILES string of the molecule is COc1cccc(/C=C(\NC(=O)c2ccccc2)C(=O)Nc2ccc(SCC(=O)Nc3cc(C(F)(F)F)ccc3Cl)cc2)c1OC. The molecule has 0 saturated carbocycles. The summed E-state index contributed by atoms with van der Waals surface area (Å²) in [7, 11) is 2.94. The van der Waals surface area contributed by atoms with Crippen LogP contribution < -0.4 is 25.4 Å². The molecule has 4 rings (SSSR count). The lowest BCUT2D eigenvalue weighted by Gasteiger charge is -2.14. The van der Waals surface area contributed by atoms with Gasteiger partial charge in [-0.25, -0.2) is 0 Å². The third-order valence-electron chi connectivity index (χ3n) is 6.31. The number of rotatable bonds is 11. The summed E-state index contributed by atoms with van der Waals surface area (Å²) in [5.41, 5.74) is 0.0832. The second kappa shape index (κ2) is 15.4. The van der Waals surface area contributed by atoms with Crippen molar-refractivity contribution in [1.82, 2.24) is 5.32 Å². The lowest BCUT2D eigenvalue weighted by molar-refractivity contribution is -0.137. The Morgan fingerprint density at radius 1 is 0.870 bits per heavy atom. The number of nitrogens with one attached hydrogen (secondary N) is 3. The summed E-state index contributed by atoms with van der Waals surface area (Å²) in [6.07, 6.45) is -3.11. The fourth-order valence-corrected chi connectivity index (χ4v) is 4.95. The van der Waals surface area contributed by atoms with Gasteiger partial charge >= 0.3 is 6.18 Å². The van der Waals surface area contributed by atoms with E-state index in [0.717, 1.165) is 30.0 Å². The molecule has 4 aromatic rings. The smallest absolute Gasteiger partial charge is 0.416 e. The van der Waals surface area contributed by atoms with Crippen LogP contribution in [-0.4, -0.2) is 37.7 Å². The molecule has 0 fully saturated rings. The minimum Gasteiger partial charge on any atom is -0.493 e. The summed E-state index contributed by atoms with van der Waals surface area (Å²) >= 11 is 7.09. The molecular weight excluding hydrogens is 643 g/mol. The summed E-state index contributed by atoms with van der Waals surface area (Å²) in [5.74, 6) is -0.984. The molecule has 0 unspecified atom stereocenters. The van der Waals surface area contributed by atoms with Crippen LogP contribution >= 0.6 is 23.4 Å². The second-order valence-electron chi connectivity index (χ2n) is 9.47. The number of thioether (sulfide) groups is 1. The van der Waals surface area contributed by atoms with Crippen molar-refractivity contribution in [2.24, 2.45) is 0 Å². The van der Waals surface area contributed by atoms with E-state index in [4.69, 9.17) is 21.1 Å². The van der Waals surface area contributed by atoms with E-state index >= 15 is 0 Å². The highest BCUT2D eigenvalue weighted by Gasteiger charge is 2.31. The summed E-state index contributed by atoms with van der Waals surface area (Å²) < 4.78 is 49.9. The van der Waals surface area contributed by atoms with E-state index in [0.29, 0.717) is 33.2 Å². The molecule has 0 aromatic heterocycles. The molecule has 3 N–H and O–H groups in total. The predicted octanol–water partition coefficient (Wildman–Crippen LogP) is 7.52. The van der Waals surface area contributed by atoms with E-state index in [2.05, 4.69) is 16.0 Å². The van der Waals surface area contributed by atoms with Gasteiger partial charge in [-0.3, -0.25) is 14.4 Å². The van der Waals surface area contributed by atoms with Crippen molar-refractivity contribution < 1.29 is 37.0 Å². The zero-order valence-corrected chi connectivity index (χ0v) is 26.0. The fourth-order valence-electron chi connectivity index (χ4n) is 4.09. The fraction of sp³-hybridized carbons (Fsp3) is 0.121. The number of para-hydroxylation sites is 1. The maximum Gasteiger partial charge on any atom is 0.416 e. The molecule has 13 heteroatoms. The van der Waals surface area contributed by atoms with E-state index in [9.17, 15) is 27.6 Å². The average molecular weight is 670 g/mol. The number of hydrogen-bond acceptors (Lipinski definition) is 6. The van der Waals surface area contributed by atoms with Crippen LogP contribution in [0, 0.1) is 0 Å². The minimum atomic E-state index is -4.58. The largest absolute Gasteiger partial charge is 0.493 e. The van der Waals surface area contributed by atoms with Crippen molar-refractivity contribution in [3.63, 3.8) is 0 Å². The van der Waals surface area contributed by atoms with Crippen molar-refractivity contribution in [3.8, 4) is 11.5 Å². The monoisotopic (exact) mass is 669 g/mol. The van der Waals surface area contributed by atoms with Crippen molar-refractivity contribution in [2.45, 2.75) is 11.1 Å². The first-order valence-corrected chi connectivity index (χ1v) is 14.8. The van der Waals surface area contributed by atoms with Crippen LogP contribution in [0.3, 0.4) is 0 Å². The van der Waals surface area contributed by atoms with Crippen LogP contribution in [0.15, 0.2) is 102 Å². The van der Waals surface area contributed by atoms with Gasteiger partial charge in [-0.1, -0.05) is 41.9 Å². The van der Waals surface area contributed by atoms with E-state index in [-0.39, 0.29) is 22.2 Å². The van der Waals surface area contributed by atoms with Gasteiger partial charge in [0.15, 0.2) is 11.5 Å². The summed E-state index contributed by atoms with van der Waals surface area (Å²) in [4.78, 5) is 39.5. The molecule has 238 valence electrons. The Balaban J connectivity index is 1.45. The third-order valence-corrected chi connectivity index (χ3v) is 7.65. The number of methoxy groups -OCH3 is 2. The number of ether oxygens (including phenoxy) is 2.